The van der Waals surface area contributed by atoms with Gasteiger partial charge in [-0.1, -0.05) is 0 Å². The molecule has 1 rings (SSSR count). The van der Waals surface area contributed by atoms with E-state index in [4.69, 9.17) is 14.6 Å². The first-order valence-corrected chi connectivity index (χ1v) is 7.81. The van der Waals surface area contributed by atoms with E-state index in [9.17, 15) is 13.2 Å². The van der Waals surface area contributed by atoms with Gasteiger partial charge in [0.05, 0.1) is 19.3 Å². The molecule has 7 nitrogen and oxygen atoms in total. The Morgan fingerprint density at radius 2 is 2.10 bits per heavy atom. The largest absolute Gasteiger partial charge is 0.495 e. The van der Waals surface area contributed by atoms with E-state index >= 15 is 0 Å². The molecule has 1 unspecified atom stereocenters. The van der Waals surface area contributed by atoms with E-state index in [0.29, 0.717) is 6.61 Å². The SMILES string of the molecule is CCOCC(C)NS(=O)(=O)c1cc(C(=O)O)ccc1OC. The summed E-state index contributed by atoms with van der Waals surface area (Å²) in [7, 11) is -2.59. The van der Waals surface area contributed by atoms with E-state index < -0.39 is 22.0 Å². The molecule has 0 spiro atoms. The zero-order valence-corrected chi connectivity index (χ0v) is 12.9. The van der Waals surface area contributed by atoms with Crippen molar-refractivity contribution < 1.29 is 27.8 Å². The first kappa shape index (κ1) is 17.4. The molecule has 0 amide bonds. The number of hydrogen-bond acceptors (Lipinski definition) is 5. The lowest BCUT2D eigenvalue weighted by Gasteiger charge is -2.16. The maximum Gasteiger partial charge on any atom is 0.335 e. The number of ether oxygens (including phenoxy) is 2. The maximum absolute atomic E-state index is 12.3. The van der Waals surface area contributed by atoms with Crippen molar-refractivity contribution in [3.8, 4) is 5.75 Å². The first-order valence-electron chi connectivity index (χ1n) is 6.33. The van der Waals surface area contributed by atoms with Gasteiger partial charge in [-0.05, 0) is 32.0 Å². The van der Waals surface area contributed by atoms with Crippen molar-refractivity contribution in [2.75, 3.05) is 20.3 Å². The number of sulfonamides is 1. The molecule has 118 valence electrons. The molecule has 21 heavy (non-hydrogen) atoms. The lowest BCUT2D eigenvalue weighted by atomic mass is 10.2. The molecule has 0 aliphatic heterocycles. The van der Waals surface area contributed by atoms with E-state index in [1.54, 1.807) is 13.8 Å². The molecule has 0 bridgehead atoms. The highest BCUT2D eigenvalue weighted by Crippen LogP contribution is 2.25. The second kappa shape index (κ2) is 7.39. The number of carboxylic acid groups (broad SMARTS) is 1. The van der Waals surface area contributed by atoms with Gasteiger partial charge in [-0.3, -0.25) is 0 Å². The third-order valence-electron chi connectivity index (χ3n) is 2.63. The quantitative estimate of drug-likeness (QED) is 0.744. The summed E-state index contributed by atoms with van der Waals surface area (Å²) in [5, 5.41) is 8.96. The fourth-order valence-corrected chi connectivity index (χ4v) is 3.10. The third kappa shape index (κ3) is 4.69. The highest BCUT2D eigenvalue weighted by molar-refractivity contribution is 7.89. The Hall–Kier alpha value is -1.64. The lowest BCUT2D eigenvalue weighted by molar-refractivity contribution is 0.0696. The second-order valence-electron chi connectivity index (χ2n) is 4.35. The number of nitrogens with one attached hydrogen (secondary N) is 1. The molecule has 0 radical (unpaired) electrons. The van der Waals surface area contributed by atoms with Crippen molar-refractivity contribution in [2.24, 2.45) is 0 Å². The number of carboxylic acids is 1. The minimum atomic E-state index is -3.91. The number of methoxy groups -OCH3 is 1. The topological polar surface area (TPSA) is 102 Å². The predicted molar refractivity (Wildman–Crippen MR) is 76.2 cm³/mol. The van der Waals surface area contributed by atoms with Crippen molar-refractivity contribution in [2.45, 2.75) is 24.8 Å². The van der Waals surface area contributed by atoms with Crippen molar-refractivity contribution >= 4 is 16.0 Å². The Morgan fingerprint density at radius 1 is 1.43 bits per heavy atom. The van der Waals surface area contributed by atoms with Gasteiger partial charge in [0.2, 0.25) is 10.0 Å². The molecule has 0 aliphatic rings. The van der Waals surface area contributed by atoms with Crippen LogP contribution in [0.25, 0.3) is 0 Å². The summed E-state index contributed by atoms with van der Waals surface area (Å²) in [6.45, 7) is 4.15. The predicted octanol–water partition coefficient (Wildman–Crippen LogP) is 1.10. The van der Waals surface area contributed by atoms with Crippen molar-refractivity contribution in [3.63, 3.8) is 0 Å². The van der Waals surface area contributed by atoms with Gasteiger partial charge in [0.1, 0.15) is 10.6 Å². The van der Waals surface area contributed by atoms with Crippen LogP contribution >= 0.6 is 0 Å². The van der Waals surface area contributed by atoms with Gasteiger partial charge >= 0.3 is 5.97 Å². The highest BCUT2D eigenvalue weighted by Gasteiger charge is 2.23. The maximum atomic E-state index is 12.3. The van der Waals surface area contributed by atoms with Gasteiger partial charge in [-0.25, -0.2) is 17.9 Å². The molecule has 1 aromatic carbocycles. The van der Waals surface area contributed by atoms with Crippen LogP contribution in [0.2, 0.25) is 0 Å². The third-order valence-corrected chi connectivity index (χ3v) is 4.24. The van der Waals surface area contributed by atoms with Crippen LogP contribution in [-0.4, -0.2) is 45.9 Å². The second-order valence-corrected chi connectivity index (χ2v) is 6.03. The molecule has 1 aromatic rings. The number of rotatable bonds is 8. The van der Waals surface area contributed by atoms with E-state index in [-0.39, 0.29) is 22.8 Å². The minimum Gasteiger partial charge on any atom is -0.495 e. The number of aromatic carboxylic acids is 1. The number of carbonyl (C=O) groups is 1. The monoisotopic (exact) mass is 317 g/mol. The van der Waals surface area contributed by atoms with Crippen molar-refractivity contribution in [1.29, 1.82) is 0 Å². The summed E-state index contributed by atoms with van der Waals surface area (Å²) in [4.78, 5) is 10.8. The summed E-state index contributed by atoms with van der Waals surface area (Å²) in [6, 6.07) is 3.21. The summed E-state index contributed by atoms with van der Waals surface area (Å²) < 4.78 is 37.2. The van der Waals surface area contributed by atoms with Crippen LogP contribution in [0, 0.1) is 0 Å². The van der Waals surface area contributed by atoms with Gasteiger partial charge in [0, 0.05) is 12.6 Å². The molecule has 0 fully saturated rings. The van der Waals surface area contributed by atoms with Gasteiger partial charge in [-0.2, -0.15) is 0 Å². The van der Waals surface area contributed by atoms with E-state index in [0.717, 1.165) is 6.07 Å². The fourth-order valence-electron chi connectivity index (χ4n) is 1.68. The Morgan fingerprint density at radius 3 is 2.62 bits per heavy atom. The van der Waals surface area contributed by atoms with Crippen molar-refractivity contribution in [3.05, 3.63) is 23.8 Å². The summed E-state index contributed by atoms with van der Waals surface area (Å²) >= 11 is 0. The van der Waals surface area contributed by atoms with Gasteiger partial charge in [0.25, 0.3) is 0 Å². The van der Waals surface area contributed by atoms with Crippen LogP contribution in [0.5, 0.6) is 5.75 Å². The molecule has 0 saturated carbocycles. The molecule has 1 atom stereocenters. The Balaban J connectivity index is 3.11. The zero-order valence-electron chi connectivity index (χ0n) is 12.1. The Kier molecular flexibility index (Phi) is 6.13. The van der Waals surface area contributed by atoms with Gasteiger partial charge in [-0.15, -0.1) is 0 Å². The average Bonchev–Trinajstić information content (AvgIpc) is 2.43. The van der Waals surface area contributed by atoms with E-state index in [1.807, 2.05) is 0 Å². The van der Waals surface area contributed by atoms with E-state index in [1.165, 1.54) is 19.2 Å². The first-order chi connectivity index (χ1) is 9.81. The van der Waals surface area contributed by atoms with Gasteiger partial charge in [0.15, 0.2) is 0 Å². The lowest BCUT2D eigenvalue weighted by Crippen LogP contribution is -2.36. The normalized spacial score (nSPS) is 12.9. The summed E-state index contributed by atoms with van der Waals surface area (Å²) in [5.41, 5.74) is -0.131. The van der Waals surface area contributed by atoms with Crippen molar-refractivity contribution in [1.82, 2.24) is 4.72 Å². The molecule has 0 aromatic heterocycles. The Bertz CT molecular complexity index is 599. The van der Waals surface area contributed by atoms with Crippen LogP contribution < -0.4 is 9.46 Å². The summed E-state index contributed by atoms with van der Waals surface area (Å²) in [6.07, 6.45) is 0. The van der Waals surface area contributed by atoms with E-state index in [2.05, 4.69) is 4.72 Å². The van der Waals surface area contributed by atoms with Crippen LogP contribution in [-0.2, 0) is 14.8 Å². The fraction of sp³-hybridized carbons (Fsp3) is 0.462. The zero-order chi connectivity index (χ0) is 16.0. The molecule has 0 aliphatic carbocycles. The summed E-state index contributed by atoms with van der Waals surface area (Å²) in [5.74, 6) is -1.13. The van der Waals surface area contributed by atoms with Gasteiger partial charge < -0.3 is 14.6 Å². The number of benzene rings is 1. The van der Waals surface area contributed by atoms with Crippen LogP contribution in [0.1, 0.15) is 24.2 Å². The van der Waals surface area contributed by atoms with Crippen LogP contribution in [0.3, 0.4) is 0 Å². The smallest absolute Gasteiger partial charge is 0.335 e. The molecule has 8 heteroatoms. The molecular formula is C13H19NO6S. The average molecular weight is 317 g/mol. The highest BCUT2D eigenvalue weighted by atomic mass is 32.2. The molecule has 0 saturated heterocycles. The molecular weight excluding hydrogens is 298 g/mol. The standard InChI is InChI=1S/C13H19NO6S/c1-4-20-8-9(2)14-21(17,18)12-7-10(13(15)16)5-6-11(12)19-3/h5-7,9,14H,4,8H2,1-3H3,(H,15,16). The Labute approximate surface area is 123 Å². The van der Waals surface area contributed by atoms with Crippen LogP contribution in [0.15, 0.2) is 23.1 Å². The van der Waals surface area contributed by atoms with Crippen LogP contribution in [0.4, 0.5) is 0 Å². The number of hydrogen-bond donors (Lipinski definition) is 2. The molecule has 2 N–H and O–H groups in total. The minimum absolute atomic E-state index is 0.0797. The molecule has 0 heterocycles.